The molecule has 3 aliphatic rings. The van der Waals surface area contributed by atoms with Crippen LogP contribution in [-0.4, -0.2) is 4.57 Å². The van der Waals surface area contributed by atoms with Crippen LogP contribution in [0.1, 0.15) is 67.6 Å². The first kappa shape index (κ1) is 23.5. The van der Waals surface area contributed by atoms with Gasteiger partial charge in [-0.25, -0.2) is 0 Å². The van der Waals surface area contributed by atoms with Crippen LogP contribution in [-0.2, 0) is 5.54 Å². The molecule has 0 fully saturated rings. The smallest absolute Gasteiger partial charge is 0.185 e. The molecule has 2 aromatic heterocycles. The third-order valence-electron chi connectivity index (χ3n) is 9.39. The van der Waals surface area contributed by atoms with Crippen molar-refractivity contribution in [2.75, 3.05) is 0 Å². The predicted octanol–water partition coefficient (Wildman–Crippen LogP) is 8.04. The van der Waals surface area contributed by atoms with E-state index in [2.05, 4.69) is 145 Å². The topological polar surface area (TPSA) is 12.7 Å². The lowest BCUT2D eigenvalue weighted by molar-refractivity contribution is -0.733. The quantitative estimate of drug-likeness (QED) is 0.203. The lowest BCUT2D eigenvalue weighted by Crippen LogP contribution is -2.57. The normalized spacial score (nSPS) is 17.2. The van der Waals surface area contributed by atoms with E-state index in [9.17, 15) is 0 Å². The fraction of sp³-hybridized carbons (Fsp3) is 0.189. The van der Waals surface area contributed by atoms with E-state index in [1.807, 2.05) is 11.8 Å². The van der Waals surface area contributed by atoms with Crippen molar-refractivity contribution in [3.8, 4) is 22.6 Å². The summed E-state index contributed by atoms with van der Waals surface area (Å²) in [4.78, 5) is 2.64. The monoisotopic (exact) mass is 549 g/mol. The number of benzene rings is 4. The zero-order valence-electron chi connectivity index (χ0n) is 23.7. The molecule has 4 heteroatoms. The largest absolute Gasteiger partial charge is 0.352 e. The molecule has 0 radical (unpaired) electrons. The van der Waals surface area contributed by atoms with E-state index in [0.717, 1.165) is 0 Å². The van der Waals surface area contributed by atoms with E-state index >= 15 is 0 Å². The average Bonchev–Trinajstić information content (AvgIpc) is 3.60. The maximum atomic E-state index is 2.61. The number of imidazole rings is 1. The van der Waals surface area contributed by atoms with Crippen LogP contribution in [0.4, 0.5) is 0 Å². The maximum absolute atomic E-state index is 2.61. The molecule has 1 atom stereocenters. The van der Waals surface area contributed by atoms with Gasteiger partial charge in [0.15, 0.2) is 22.9 Å². The third-order valence-corrected chi connectivity index (χ3v) is 10.5. The Labute approximate surface area is 244 Å². The number of hydrogen-bond donors (Lipinski definition) is 0. The zero-order chi connectivity index (χ0) is 27.6. The molecule has 1 spiro atoms. The number of pyridine rings is 1. The molecular formula is C37H31N3S+2. The first-order chi connectivity index (χ1) is 20.0. The van der Waals surface area contributed by atoms with Crippen LogP contribution in [0.2, 0.25) is 0 Å². The summed E-state index contributed by atoms with van der Waals surface area (Å²) in [6.45, 7) is 9.23. The molecule has 3 aliphatic heterocycles. The van der Waals surface area contributed by atoms with Gasteiger partial charge >= 0.3 is 11.4 Å². The second-order valence-electron chi connectivity index (χ2n) is 12.3. The standard InChI is InChI=1S/C37H31N3S/c1-22(2)24-19-25(23(3)4)21-26(20-24)39-31-15-10-17-33-35(31)40-34-29(13-9-16-32(34)41-33)37(36(39)40)28-12-6-5-11-27(28)30-14-7-8-18-38(30)37/h5-23H,1-4H3/q+2. The van der Waals surface area contributed by atoms with Crippen molar-refractivity contribution in [3.05, 3.63) is 131 Å². The second kappa shape index (κ2) is 7.98. The number of para-hydroxylation sites is 2. The molecule has 1 unspecified atom stereocenters. The fourth-order valence-electron chi connectivity index (χ4n) is 7.55. The molecule has 6 aromatic rings. The Bertz CT molecular complexity index is 2030. The van der Waals surface area contributed by atoms with Gasteiger partial charge in [-0.2, -0.15) is 13.7 Å². The number of aromatic nitrogens is 3. The number of fused-ring (bicyclic) bond motifs is 7. The second-order valence-corrected chi connectivity index (χ2v) is 13.3. The Morgan fingerprint density at radius 3 is 2.22 bits per heavy atom. The SMILES string of the molecule is CC(C)c1cc(C(C)C)cc(-n2c3[n+]4c5c(cccc52)Sc2cccc(c2-4)C32c3ccccc3-c3cccc[n+]32)c1. The maximum Gasteiger partial charge on any atom is 0.352 e. The molecule has 5 heterocycles. The minimum absolute atomic E-state index is 0.442. The Morgan fingerprint density at radius 1 is 0.707 bits per heavy atom. The Morgan fingerprint density at radius 2 is 1.41 bits per heavy atom. The fourth-order valence-corrected chi connectivity index (χ4v) is 8.67. The molecule has 0 saturated heterocycles. The van der Waals surface area contributed by atoms with Crippen molar-refractivity contribution >= 4 is 22.8 Å². The molecule has 0 aliphatic carbocycles. The molecular weight excluding hydrogens is 518 g/mol. The summed E-state index contributed by atoms with van der Waals surface area (Å²) >= 11 is 1.91. The van der Waals surface area contributed by atoms with Crippen LogP contribution >= 0.6 is 11.8 Å². The van der Waals surface area contributed by atoms with Gasteiger partial charge in [0.05, 0.1) is 26.5 Å². The van der Waals surface area contributed by atoms with Gasteiger partial charge in [0.2, 0.25) is 5.69 Å². The number of nitrogens with zero attached hydrogens (tertiary/aromatic N) is 3. The summed E-state index contributed by atoms with van der Waals surface area (Å²) in [5.74, 6) is 2.18. The number of rotatable bonds is 3. The highest BCUT2D eigenvalue weighted by molar-refractivity contribution is 7.99. The average molecular weight is 550 g/mol. The highest BCUT2D eigenvalue weighted by atomic mass is 32.2. The Hall–Kier alpha value is -4.15. The Balaban J connectivity index is 1.53. The van der Waals surface area contributed by atoms with E-state index < -0.39 is 5.54 Å². The molecule has 0 saturated carbocycles. The molecule has 198 valence electrons. The van der Waals surface area contributed by atoms with Crippen molar-refractivity contribution in [2.24, 2.45) is 0 Å². The van der Waals surface area contributed by atoms with Crippen molar-refractivity contribution in [2.45, 2.75) is 54.9 Å². The van der Waals surface area contributed by atoms with E-state index in [4.69, 9.17) is 0 Å². The van der Waals surface area contributed by atoms with Gasteiger partial charge in [0.1, 0.15) is 5.69 Å². The van der Waals surface area contributed by atoms with Crippen molar-refractivity contribution in [1.29, 1.82) is 0 Å². The van der Waals surface area contributed by atoms with Crippen LogP contribution in [0.3, 0.4) is 0 Å². The van der Waals surface area contributed by atoms with Crippen LogP contribution in [0.5, 0.6) is 0 Å². The summed E-state index contributed by atoms with van der Waals surface area (Å²) in [6.07, 6.45) is 2.29. The molecule has 4 aromatic carbocycles. The third kappa shape index (κ3) is 2.77. The highest BCUT2D eigenvalue weighted by Gasteiger charge is 2.68. The van der Waals surface area contributed by atoms with Crippen LogP contribution < -0.4 is 9.13 Å². The first-order valence-electron chi connectivity index (χ1n) is 14.7. The number of hydrogen-bond acceptors (Lipinski definition) is 1. The summed E-state index contributed by atoms with van der Waals surface area (Å²) < 4.78 is 7.74. The summed E-state index contributed by atoms with van der Waals surface area (Å²) in [7, 11) is 0. The molecule has 9 rings (SSSR count). The molecule has 41 heavy (non-hydrogen) atoms. The van der Waals surface area contributed by atoms with Gasteiger partial charge in [-0.15, -0.1) is 0 Å². The van der Waals surface area contributed by atoms with E-state index in [-0.39, 0.29) is 0 Å². The van der Waals surface area contributed by atoms with Gasteiger partial charge in [0.25, 0.3) is 0 Å². The molecule has 0 amide bonds. The van der Waals surface area contributed by atoms with Gasteiger partial charge < -0.3 is 0 Å². The molecule has 3 nitrogen and oxygen atoms in total. The summed E-state index contributed by atoms with van der Waals surface area (Å²) in [6, 6.07) is 36.7. The zero-order valence-corrected chi connectivity index (χ0v) is 24.5. The molecule has 0 bridgehead atoms. The van der Waals surface area contributed by atoms with E-state index in [0.29, 0.717) is 11.8 Å². The first-order valence-corrected chi connectivity index (χ1v) is 15.5. The van der Waals surface area contributed by atoms with Gasteiger partial charge in [0, 0.05) is 12.1 Å². The van der Waals surface area contributed by atoms with Gasteiger partial charge in [-0.1, -0.05) is 75.9 Å². The van der Waals surface area contributed by atoms with Crippen molar-refractivity contribution in [1.82, 2.24) is 4.57 Å². The lowest BCUT2D eigenvalue weighted by Gasteiger charge is -2.20. The van der Waals surface area contributed by atoms with Crippen LogP contribution in [0.15, 0.2) is 113 Å². The van der Waals surface area contributed by atoms with Crippen LogP contribution in [0.25, 0.3) is 33.7 Å². The van der Waals surface area contributed by atoms with Gasteiger partial charge in [-0.05, 0) is 71.5 Å². The summed E-state index contributed by atoms with van der Waals surface area (Å²) in [5.41, 5.74) is 12.7. The summed E-state index contributed by atoms with van der Waals surface area (Å²) in [5, 5.41) is 0. The molecule has 0 N–H and O–H groups in total. The van der Waals surface area contributed by atoms with E-state index in [1.54, 1.807) is 0 Å². The van der Waals surface area contributed by atoms with E-state index in [1.165, 1.54) is 71.5 Å². The predicted molar refractivity (Wildman–Crippen MR) is 164 cm³/mol. The lowest BCUT2D eigenvalue weighted by atomic mass is 9.83. The van der Waals surface area contributed by atoms with Gasteiger partial charge in [-0.3, -0.25) is 0 Å². The minimum Gasteiger partial charge on any atom is -0.185 e. The van der Waals surface area contributed by atoms with Crippen LogP contribution in [0, 0.1) is 0 Å². The highest BCUT2D eigenvalue weighted by Crippen LogP contribution is 2.55. The minimum atomic E-state index is -0.494. The Kier molecular flexibility index (Phi) is 4.58. The van der Waals surface area contributed by atoms with Crippen molar-refractivity contribution < 1.29 is 9.13 Å². The van der Waals surface area contributed by atoms with Crippen molar-refractivity contribution in [3.63, 3.8) is 0 Å².